The van der Waals surface area contributed by atoms with E-state index in [2.05, 4.69) is 16.0 Å². The molecule has 3 amide bonds. The van der Waals surface area contributed by atoms with Crippen molar-refractivity contribution >= 4 is 17.6 Å². The minimum absolute atomic E-state index is 0.0725. The number of carbonyl (C=O) groups is 2. The van der Waals surface area contributed by atoms with Gasteiger partial charge in [-0.05, 0) is 48.9 Å². The molecule has 2 rings (SSSR count). The van der Waals surface area contributed by atoms with E-state index in [-0.39, 0.29) is 12.5 Å². The summed E-state index contributed by atoms with van der Waals surface area (Å²) >= 11 is 0. The number of amides is 3. The minimum Gasteiger partial charge on any atom is -0.457 e. The van der Waals surface area contributed by atoms with Crippen molar-refractivity contribution in [3.63, 3.8) is 0 Å². The summed E-state index contributed by atoms with van der Waals surface area (Å²) in [5.41, 5.74) is 1.73. The molecule has 0 unspecified atom stereocenters. The first-order valence-corrected chi connectivity index (χ1v) is 7.17. The average Bonchev–Trinajstić information content (AvgIpc) is 2.54. The Morgan fingerprint density at radius 1 is 1.04 bits per heavy atom. The molecule has 0 saturated carbocycles. The Morgan fingerprint density at radius 3 is 2.43 bits per heavy atom. The molecule has 23 heavy (non-hydrogen) atoms. The number of rotatable bonds is 5. The van der Waals surface area contributed by atoms with Gasteiger partial charge in [-0.3, -0.25) is 4.79 Å². The quantitative estimate of drug-likeness (QED) is 0.794. The van der Waals surface area contributed by atoms with E-state index in [0.29, 0.717) is 11.4 Å². The fraction of sp³-hybridized carbons (Fsp3) is 0.176. The highest BCUT2D eigenvalue weighted by molar-refractivity contribution is 5.92. The van der Waals surface area contributed by atoms with Crippen LogP contribution in [0, 0.1) is 6.92 Å². The van der Waals surface area contributed by atoms with Gasteiger partial charge in [-0.1, -0.05) is 12.1 Å². The Bertz CT molecular complexity index is 684. The second-order valence-electron chi connectivity index (χ2n) is 4.92. The molecule has 0 aromatic heterocycles. The second-order valence-corrected chi connectivity index (χ2v) is 4.92. The SMILES string of the molecule is CNC(=O)CNC(=O)Nc1ccc(Oc2cccc(C)c2)cc1. The van der Waals surface area contributed by atoms with Gasteiger partial charge in [-0.2, -0.15) is 0 Å². The number of urea groups is 1. The van der Waals surface area contributed by atoms with Crippen molar-refractivity contribution in [1.29, 1.82) is 0 Å². The van der Waals surface area contributed by atoms with E-state index in [1.807, 2.05) is 31.2 Å². The average molecular weight is 313 g/mol. The smallest absolute Gasteiger partial charge is 0.319 e. The fourth-order valence-corrected chi connectivity index (χ4v) is 1.85. The lowest BCUT2D eigenvalue weighted by Crippen LogP contribution is -2.37. The highest BCUT2D eigenvalue weighted by Gasteiger charge is 2.04. The van der Waals surface area contributed by atoms with Crippen LogP contribution < -0.4 is 20.7 Å². The Labute approximate surface area is 134 Å². The molecule has 6 heteroatoms. The van der Waals surface area contributed by atoms with E-state index in [1.54, 1.807) is 24.3 Å². The highest BCUT2D eigenvalue weighted by Crippen LogP contribution is 2.23. The van der Waals surface area contributed by atoms with Gasteiger partial charge in [-0.25, -0.2) is 4.79 Å². The monoisotopic (exact) mass is 313 g/mol. The molecule has 0 aliphatic rings. The number of carbonyl (C=O) groups excluding carboxylic acids is 2. The standard InChI is InChI=1S/C17H19N3O3/c1-12-4-3-5-15(10-12)23-14-8-6-13(7-9-14)20-17(22)19-11-16(21)18-2/h3-10H,11H2,1-2H3,(H,18,21)(H2,19,20,22). The summed E-state index contributed by atoms with van der Waals surface area (Å²) < 4.78 is 5.73. The molecule has 0 heterocycles. The zero-order valence-corrected chi connectivity index (χ0v) is 13.1. The van der Waals surface area contributed by atoms with Crippen molar-refractivity contribution in [2.45, 2.75) is 6.92 Å². The molecule has 0 radical (unpaired) electrons. The van der Waals surface area contributed by atoms with E-state index in [1.165, 1.54) is 7.05 Å². The Morgan fingerprint density at radius 2 is 1.78 bits per heavy atom. The molecule has 2 aromatic carbocycles. The molecule has 3 N–H and O–H groups in total. The van der Waals surface area contributed by atoms with Gasteiger partial charge in [0.2, 0.25) is 5.91 Å². The van der Waals surface area contributed by atoms with Crippen LogP contribution in [0.3, 0.4) is 0 Å². The lowest BCUT2D eigenvalue weighted by molar-refractivity contribution is -0.119. The Balaban J connectivity index is 1.89. The summed E-state index contributed by atoms with van der Waals surface area (Å²) in [6, 6.07) is 14.3. The molecule has 0 saturated heterocycles. The number of anilines is 1. The first-order valence-electron chi connectivity index (χ1n) is 7.17. The van der Waals surface area contributed by atoms with E-state index in [9.17, 15) is 9.59 Å². The number of hydrogen-bond donors (Lipinski definition) is 3. The summed E-state index contributed by atoms with van der Waals surface area (Å²) in [5, 5.41) is 7.51. The molecule has 6 nitrogen and oxygen atoms in total. The number of likely N-dealkylation sites (N-methyl/N-ethyl adjacent to an activating group) is 1. The first kappa shape index (κ1) is 16.4. The van der Waals surface area contributed by atoms with Gasteiger partial charge in [0.25, 0.3) is 0 Å². The predicted octanol–water partition coefficient (Wildman–Crippen LogP) is 2.65. The van der Waals surface area contributed by atoms with Crippen molar-refractivity contribution in [2.75, 3.05) is 18.9 Å². The number of aryl methyl sites for hydroxylation is 1. The molecular formula is C17H19N3O3. The third kappa shape index (κ3) is 5.35. The van der Waals surface area contributed by atoms with Crippen molar-refractivity contribution in [3.8, 4) is 11.5 Å². The number of benzene rings is 2. The lowest BCUT2D eigenvalue weighted by atomic mass is 10.2. The largest absolute Gasteiger partial charge is 0.457 e. The van der Waals surface area contributed by atoms with Crippen molar-refractivity contribution in [2.24, 2.45) is 0 Å². The number of ether oxygens (including phenoxy) is 1. The van der Waals surface area contributed by atoms with Gasteiger partial charge in [0.1, 0.15) is 11.5 Å². The first-order chi connectivity index (χ1) is 11.1. The van der Waals surface area contributed by atoms with Crippen LogP contribution in [0.15, 0.2) is 48.5 Å². The molecule has 0 atom stereocenters. The predicted molar refractivity (Wildman–Crippen MR) is 88.8 cm³/mol. The van der Waals surface area contributed by atoms with Crippen LogP contribution in [0.1, 0.15) is 5.56 Å². The topological polar surface area (TPSA) is 79.5 Å². The second kappa shape index (κ2) is 7.84. The summed E-state index contributed by atoms with van der Waals surface area (Å²) in [6.07, 6.45) is 0. The van der Waals surface area contributed by atoms with Crippen molar-refractivity contribution in [1.82, 2.24) is 10.6 Å². The maximum Gasteiger partial charge on any atom is 0.319 e. The molecule has 0 aliphatic heterocycles. The van der Waals surface area contributed by atoms with E-state index >= 15 is 0 Å². The maximum atomic E-state index is 11.6. The van der Waals surface area contributed by atoms with E-state index < -0.39 is 6.03 Å². The summed E-state index contributed by atoms with van der Waals surface area (Å²) in [4.78, 5) is 22.7. The summed E-state index contributed by atoms with van der Waals surface area (Å²) in [5.74, 6) is 1.17. The van der Waals surface area contributed by atoms with Crippen molar-refractivity contribution < 1.29 is 14.3 Å². The molecule has 2 aromatic rings. The van der Waals surface area contributed by atoms with Gasteiger partial charge in [0.05, 0.1) is 6.54 Å². The van der Waals surface area contributed by atoms with Crippen LogP contribution in [0.2, 0.25) is 0 Å². The lowest BCUT2D eigenvalue weighted by Gasteiger charge is -2.09. The maximum absolute atomic E-state index is 11.6. The van der Waals surface area contributed by atoms with Crippen LogP contribution in [0.4, 0.5) is 10.5 Å². The molecule has 120 valence electrons. The molecule has 0 spiro atoms. The fourth-order valence-electron chi connectivity index (χ4n) is 1.85. The van der Waals surface area contributed by atoms with Gasteiger partial charge < -0.3 is 20.7 Å². The van der Waals surface area contributed by atoms with Crippen LogP contribution in [0.25, 0.3) is 0 Å². The van der Waals surface area contributed by atoms with Crippen LogP contribution in [-0.4, -0.2) is 25.5 Å². The van der Waals surface area contributed by atoms with Gasteiger partial charge in [0, 0.05) is 12.7 Å². The zero-order chi connectivity index (χ0) is 16.7. The van der Waals surface area contributed by atoms with Gasteiger partial charge in [0.15, 0.2) is 0 Å². The Hall–Kier alpha value is -3.02. The number of hydrogen-bond acceptors (Lipinski definition) is 3. The minimum atomic E-state index is -0.444. The van der Waals surface area contributed by atoms with E-state index in [0.717, 1.165) is 11.3 Å². The third-order valence-electron chi connectivity index (χ3n) is 3.03. The molecule has 0 aliphatic carbocycles. The van der Waals surface area contributed by atoms with Crippen molar-refractivity contribution in [3.05, 3.63) is 54.1 Å². The zero-order valence-electron chi connectivity index (χ0n) is 13.1. The highest BCUT2D eigenvalue weighted by atomic mass is 16.5. The van der Waals surface area contributed by atoms with Gasteiger partial charge >= 0.3 is 6.03 Å². The summed E-state index contributed by atoms with van der Waals surface area (Å²) in [6.45, 7) is 1.92. The van der Waals surface area contributed by atoms with Crippen LogP contribution in [-0.2, 0) is 4.79 Å². The van der Waals surface area contributed by atoms with Gasteiger partial charge in [-0.15, -0.1) is 0 Å². The summed E-state index contributed by atoms with van der Waals surface area (Å²) in [7, 11) is 1.51. The Kier molecular flexibility index (Phi) is 5.57. The number of nitrogens with one attached hydrogen (secondary N) is 3. The molecule has 0 bridgehead atoms. The third-order valence-corrected chi connectivity index (χ3v) is 3.03. The van der Waals surface area contributed by atoms with Crippen LogP contribution >= 0.6 is 0 Å². The van der Waals surface area contributed by atoms with Crippen LogP contribution in [0.5, 0.6) is 11.5 Å². The molecule has 0 fully saturated rings. The normalized spacial score (nSPS) is 9.83. The molecular weight excluding hydrogens is 294 g/mol. The van der Waals surface area contributed by atoms with E-state index in [4.69, 9.17) is 4.74 Å².